The number of pyridine rings is 2. The molecule has 2 N–H and O–H groups in total. The van der Waals surface area contributed by atoms with Crippen molar-refractivity contribution < 1.29 is 9.90 Å². The second kappa shape index (κ2) is 8.24. The van der Waals surface area contributed by atoms with E-state index in [1.165, 1.54) is 0 Å². The summed E-state index contributed by atoms with van der Waals surface area (Å²) in [4.78, 5) is 20.6. The first kappa shape index (κ1) is 20.5. The van der Waals surface area contributed by atoms with Crippen LogP contribution < -0.4 is 5.32 Å². The van der Waals surface area contributed by atoms with Gasteiger partial charge in [-0.05, 0) is 36.1 Å². The van der Waals surface area contributed by atoms with Crippen LogP contribution in [0.15, 0.2) is 72.9 Å². The summed E-state index contributed by atoms with van der Waals surface area (Å²) in [6.45, 7) is 0. The predicted molar refractivity (Wildman–Crippen MR) is 127 cm³/mol. The van der Waals surface area contributed by atoms with Crippen LogP contribution in [-0.4, -0.2) is 21.2 Å². The highest BCUT2D eigenvalue weighted by molar-refractivity contribution is 6.34. The number of halogens is 1. The van der Waals surface area contributed by atoms with Crippen LogP contribution in [0.25, 0.3) is 33.3 Å². The number of amides is 1. The SMILES string of the molecule is O=C(O)NC1(c2ccc(-c3nc4ccnc(Cl)c4cc3-c3ccccc3)cc2)CCCC1. The van der Waals surface area contributed by atoms with E-state index in [0.29, 0.717) is 5.15 Å². The summed E-state index contributed by atoms with van der Waals surface area (Å²) in [6.07, 6.45) is 4.33. The maximum atomic E-state index is 11.4. The highest BCUT2D eigenvalue weighted by atomic mass is 35.5. The van der Waals surface area contributed by atoms with Crippen LogP contribution in [0.2, 0.25) is 5.15 Å². The van der Waals surface area contributed by atoms with Crippen LogP contribution in [-0.2, 0) is 5.54 Å². The van der Waals surface area contributed by atoms with Crippen molar-refractivity contribution in [2.24, 2.45) is 0 Å². The van der Waals surface area contributed by atoms with Crippen LogP contribution in [0.4, 0.5) is 4.79 Å². The Balaban J connectivity index is 1.63. The van der Waals surface area contributed by atoms with Gasteiger partial charge in [-0.25, -0.2) is 14.8 Å². The molecule has 0 radical (unpaired) electrons. The molecule has 0 atom stereocenters. The molecule has 1 fully saturated rings. The van der Waals surface area contributed by atoms with Gasteiger partial charge < -0.3 is 10.4 Å². The van der Waals surface area contributed by atoms with Crippen molar-refractivity contribution in [3.05, 3.63) is 83.6 Å². The number of carbonyl (C=O) groups is 1. The molecule has 6 heteroatoms. The number of hydrogen-bond acceptors (Lipinski definition) is 3. The van der Waals surface area contributed by atoms with Crippen LogP contribution in [0, 0.1) is 0 Å². The summed E-state index contributed by atoms with van der Waals surface area (Å²) in [5.41, 5.74) is 5.10. The van der Waals surface area contributed by atoms with E-state index in [-0.39, 0.29) is 0 Å². The normalized spacial score (nSPS) is 15.0. The van der Waals surface area contributed by atoms with Gasteiger partial charge in [0.25, 0.3) is 0 Å². The Labute approximate surface area is 191 Å². The highest BCUT2D eigenvalue weighted by Gasteiger charge is 2.37. The minimum atomic E-state index is -0.982. The van der Waals surface area contributed by atoms with Crippen molar-refractivity contribution in [3.63, 3.8) is 0 Å². The standard InChI is InChI=1S/C26H22ClN3O2/c27-24-21-16-20(17-6-2-1-3-7-17)23(29-22(21)12-15-28-24)18-8-10-19(11-9-18)26(30-25(31)32)13-4-5-14-26/h1-3,6-12,15-16,30H,4-5,13-14H2,(H,31,32). The lowest BCUT2D eigenvalue weighted by atomic mass is 9.87. The number of benzene rings is 2. The largest absolute Gasteiger partial charge is 0.465 e. The first-order chi connectivity index (χ1) is 15.6. The van der Waals surface area contributed by atoms with Crippen molar-refractivity contribution >= 4 is 28.6 Å². The van der Waals surface area contributed by atoms with Crippen LogP contribution in [0.5, 0.6) is 0 Å². The number of aromatic nitrogens is 2. The van der Waals surface area contributed by atoms with E-state index in [2.05, 4.69) is 22.4 Å². The zero-order valence-corrected chi connectivity index (χ0v) is 18.1. The van der Waals surface area contributed by atoms with Crippen molar-refractivity contribution in [3.8, 4) is 22.4 Å². The Morgan fingerprint density at radius 2 is 1.69 bits per heavy atom. The van der Waals surface area contributed by atoms with Crippen molar-refractivity contribution in [1.29, 1.82) is 0 Å². The Hall–Kier alpha value is -3.44. The van der Waals surface area contributed by atoms with Gasteiger partial charge in [-0.15, -0.1) is 0 Å². The minimum absolute atomic E-state index is 0.428. The smallest absolute Gasteiger partial charge is 0.405 e. The second-order valence-electron chi connectivity index (χ2n) is 8.22. The zero-order valence-electron chi connectivity index (χ0n) is 17.4. The van der Waals surface area contributed by atoms with E-state index in [9.17, 15) is 9.90 Å². The zero-order chi connectivity index (χ0) is 22.1. The summed E-state index contributed by atoms with van der Waals surface area (Å²) < 4.78 is 0. The number of nitrogens with one attached hydrogen (secondary N) is 1. The topological polar surface area (TPSA) is 75.1 Å². The Kier molecular flexibility index (Phi) is 5.27. The predicted octanol–water partition coefficient (Wildman–Crippen LogP) is 6.65. The lowest BCUT2D eigenvalue weighted by Crippen LogP contribution is -2.43. The highest BCUT2D eigenvalue weighted by Crippen LogP contribution is 2.40. The molecule has 4 aromatic rings. The summed E-state index contributed by atoms with van der Waals surface area (Å²) in [5.74, 6) is 0. The second-order valence-corrected chi connectivity index (χ2v) is 8.57. The van der Waals surface area contributed by atoms with Gasteiger partial charge in [-0.3, -0.25) is 0 Å². The quantitative estimate of drug-likeness (QED) is 0.346. The molecular weight excluding hydrogens is 422 g/mol. The average molecular weight is 444 g/mol. The van der Waals surface area contributed by atoms with Crippen LogP contribution in [0.3, 0.4) is 0 Å². The van der Waals surface area contributed by atoms with E-state index < -0.39 is 11.6 Å². The summed E-state index contributed by atoms with van der Waals surface area (Å²) in [5, 5.41) is 13.4. The maximum absolute atomic E-state index is 11.4. The van der Waals surface area contributed by atoms with Gasteiger partial charge in [0.1, 0.15) is 5.15 Å². The molecular formula is C26H22ClN3O2. The molecule has 1 amide bonds. The molecule has 5 rings (SSSR count). The van der Waals surface area contributed by atoms with Crippen LogP contribution >= 0.6 is 11.6 Å². The van der Waals surface area contributed by atoms with Gasteiger partial charge in [-0.1, -0.05) is 79.0 Å². The molecule has 0 unspecified atom stereocenters. The average Bonchev–Trinajstić information content (AvgIpc) is 3.28. The summed E-state index contributed by atoms with van der Waals surface area (Å²) in [7, 11) is 0. The van der Waals surface area contributed by atoms with Crippen molar-refractivity contribution in [2.45, 2.75) is 31.2 Å². The molecule has 1 saturated carbocycles. The molecule has 2 heterocycles. The molecule has 0 spiro atoms. The fraction of sp³-hybridized carbons (Fsp3) is 0.192. The number of rotatable bonds is 4. The molecule has 2 aromatic heterocycles. The fourth-order valence-electron chi connectivity index (χ4n) is 4.74. The third-order valence-electron chi connectivity index (χ3n) is 6.29. The molecule has 32 heavy (non-hydrogen) atoms. The Bertz CT molecular complexity index is 1280. The number of fused-ring (bicyclic) bond motifs is 1. The maximum Gasteiger partial charge on any atom is 0.405 e. The fourth-order valence-corrected chi connectivity index (χ4v) is 4.94. The molecule has 0 bridgehead atoms. The number of hydrogen-bond donors (Lipinski definition) is 2. The van der Waals surface area contributed by atoms with Gasteiger partial charge in [0.05, 0.1) is 16.7 Å². The summed E-state index contributed by atoms with van der Waals surface area (Å²) >= 11 is 6.36. The molecule has 1 aliphatic carbocycles. The van der Waals surface area contributed by atoms with E-state index in [1.54, 1.807) is 6.20 Å². The minimum Gasteiger partial charge on any atom is -0.465 e. The summed E-state index contributed by atoms with van der Waals surface area (Å²) in [6, 6.07) is 22.1. The molecule has 1 aliphatic rings. The molecule has 0 saturated heterocycles. The van der Waals surface area contributed by atoms with Gasteiger partial charge in [0, 0.05) is 22.7 Å². The van der Waals surface area contributed by atoms with Gasteiger partial charge in [-0.2, -0.15) is 0 Å². The number of carboxylic acid groups (broad SMARTS) is 1. The van der Waals surface area contributed by atoms with E-state index in [0.717, 1.165) is 64.5 Å². The van der Waals surface area contributed by atoms with E-state index in [1.807, 2.05) is 54.6 Å². The van der Waals surface area contributed by atoms with E-state index in [4.69, 9.17) is 16.6 Å². The first-order valence-electron chi connectivity index (χ1n) is 10.7. The molecule has 5 nitrogen and oxygen atoms in total. The van der Waals surface area contributed by atoms with E-state index >= 15 is 0 Å². The Morgan fingerprint density at radius 1 is 0.969 bits per heavy atom. The Morgan fingerprint density at radius 3 is 2.38 bits per heavy atom. The lowest BCUT2D eigenvalue weighted by Gasteiger charge is -2.29. The molecule has 0 aliphatic heterocycles. The third-order valence-corrected chi connectivity index (χ3v) is 6.59. The van der Waals surface area contributed by atoms with Crippen molar-refractivity contribution in [2.75, 3.05) is 0 Å². The third kappa shape index (κ3) is 3.69. The van der Waals surface area contributed by atoms with Gasteiger partial charge in [0.2, 0.25) is 0 Å². The monoisotopic (exact) mass is 443 g/mol. The molecule has 2 aromatic carbocycles. The lowest BCUT2D eigenvalue weighted by molar-refractivity contribution is 0.177. The van der Waals surface area contributed by atoms with Crippen molar-refractivity contribution in [1.82, 2.24) is 15.3 Å². The molecule has 160 valence electrons. The van der Waals surface area contributed by atoms with Gasteiger partial charge in [0.15, 0.2) is 0 Å². The van der Waals surface area contributed by atoms with Crippen LogP contribution in [0.1, 0.15) is 31.2 Å². The number of nitrogens with zero attached hydrogens (tertiary/aromatic N) is 2. The van der Waals surface area contributed by atoms with Gasteiger partial charge >= 0.3 is 6.09 Å². The first-order valence-corrected chi connectivity index (χ1v) is 11.1.